The average Bonchev–Trinajstić information content (AvgIpc) is 3.16. The van der Waals surface area contributed by atoms with Crippen LogP contribution in [-0.4, -0.2) is 43.8 Å². The van der Waals surface area contributed by atoms with Gasteiger partial charge in [0.1, 0.15) is 17.3 Å². The van der Waals surface area contributed by atoms with Crippen LogP contribution in [0, 0.1) is 18.7 Å². The molecule has 1 aliphatic rings. The summed E-state index contributed by atoms with van der Waals surface area (Å²) >= 11 is 0. The Hall–Kier alpha value is -1.92. The Morgan fingerprint density at radius 1 is 1.38 bits per heavy atom. The van der Waals surface area contributed by atoms with Gasteiger partial charge in [0, 0.05) is 20.2 Å². The first-order valence-electron chi connectivity index (χ1n) is 8.12. The van der Waals surface area contributed by atoms with Crippen molar-refractivity contribution in [2.75, 3.05) is 33.9 Å². The van der Waals surface area contributed by atoms with Gasteiger partial charge in [0.25, 0.3) is 0 Å². The number of hydrogen-bond acceptors (Lipinski definition) is 5. The van der Waals surface area contributed by atoms with Crippen LogP contribution in [0.5, 0.6) is 5.75 Å². The van der Waals surface area contributed by atoms with Crippen molar-refractivity contribution in [1.82, 2.24) is 9.88 Å². The van der Waals surface area contributed by atoms with Gasteiger partial charge >= 0.3 is 0 Å². The molecule has 0 amide bonds. The lowest BCUT2D eigenvalue weighted by Gasteiger charge is -2.14. The monoisotopic (exact) mass is 334 g/mol. The third kappa shape index (κ3) is 3.60. The van der Waals surface area contributed by atoms with E-state index >= 15 is 0 Å². The molecule has 1 fully saturated rings. The fourth-order valence-corrected chi connectivity index (χ4v) is 3.13. The second-order valence-electron chi connectivity index (χ2n) is 6.21. The van der Waals surface area contributed by atoms with Gasteiger partial charge in [0.2, 0.25) is 5.89 Å². The summed E-state index contributed by atoms with van der Waals surface area (Å²) in [6.45, 7) is 5.37. The van der Waals surface area contributed by atoms with Crippen molar-refractivity contribution in [1.29, 1.82) is 0 Å². The molecule has 1 aliphatic heterocycles. The highest BCUT2D eigenvalue weighted by atomic mass is 19.1. The summed E-state index contributed by atoms with van der Waals surface area (Å²) in [5.41, 5.74) is 1.17. The molecule has 0 spiro atoms. The molecule has 0 unspecified atom stereocenters. The molecule has 24 heavy (non-hydrogen) atoms. The maximum atomic E-state index is 14.1. The van der Waals surface area contributed by atoms with E-state index in [9.17, 15) is 4.39 Å². The summed E-state index contributed by atoms with van der Waals surface area (Å²) in [6, 6.07) is 4.55. The second-order valence-corrected chi connectivity index (χ2v) is 6.21. The largest absolute Gasteiger partial charge is 0.497 e. The van der Waals surface area contributed by atoms with E-state index in [1.54, 1.807) is 26.4 Å². The first-order valence-corrected chi connectivity index (χ1v) is 8.12. The highest BCUT2D eigenvalue weighted by molar-refractivity contribution is 5.57. The maximum absolute atomic E-state index is 14.1. The number of benzene rings is 1. The lowest BCUT2D eigenvalue weighted by Crippen LogP contribution is -2.21. The van der Waals surface area contributed by atoms with Gasteiger partial charge in [-0.15, -0.1) is 0 Å². The van der Waals surface area contributed by atoms with Crippen LogP contribution in [0.4, 0.5) is 4.39 Å². The average molecular weight is 334 g/mol. The van der Waals surface area contributed by atoms with Crippen LogP contribution in [0.15, 0.2) is 22.6 Å². The fraction of sp³-hybridized carbons (Fsp3) is 0.500. The summed E-state index contributed by atoms with van der Waals surface area (Å²) in [4.78, 5) is 6.85. The number of hydrogen-bond donors (Lipinski definition) is 0. The smallest absolute Gasteiger partial charge is 0.229 e. The van der Waals surface area contributed by atoms with Gasteiger partial charge in [-0.3, -0.25) is 4.90 Å². The number of oxazole rings is 1. The molecule has 0 saturated carbocycles. The molecule has 3 rings (SSSR count). The Balaban J connectivity index is 1.76. The molecule has 1 atom stereocenters. The standard InChI is InChI=1S/C18H23FN2O3/c1-12-17(10-21-7-6-13(9-21)11-22-2)20-18(24-12)15-8-14(23-3)4-5-16(15)19/h4-5,8,13H,6-7,9-11H2,1-3H3/t13-/m0/s1. The summed E-state index contributed by atoms with van der Waals surface area (Å²) in [5.74, 6) is 1.79. The predicted octanol–water partition coefficient (Wildman–Crippen LogP) is 3.27. The van der Waals surface area contributed by atoms with Crippen molar-refractivity contribution < 1.29 is 18.3 Å². The van der Waals surface area contributed by atoms with Gasteiger partial charge in [-0.25, -0.2) is 9.37 Å². The summed E-state index contributed by atoms with van der Waals surface area (Å²) < 4.78 is 30.2. The number of ether oxygens (including phenoxy) is 2. The SMILES string of the molecule is COC[C@H]1CCN(Cc2nc(-c3cc(OC)ccc3F)oc2C)C1. The molecule has 2 aromatic rings. The molecule has 1 aromatic carbocycles. The van der Waals surface area contributed by atoms with E-state index in [-0.39, 0.29) is 5.82 Å². The summed E-state index contributed by atoms with van der Waals surface area (Å²) in [6.07, 6.45) is 1.13. The number of aromatic nitrogens is 1. The van der Waals surface area contributed by atoms with Crippen LogP contribution in [0.2, 0.25) is 0 Å². The number of methoxy groups -OCH3 is 2. The van der Waals surface area contributed by atoms with Crippen LogP contribution in [0.25, 0.3) is 11.5 Å². The Kier molecular flexibility index (Phi) is 5.16. The van der Waals surface area contributed by atoms with Gasteiger partial charge in [0.05, 0.1) is 25.0 Å². The topological polar surface area (TPSA) is 47.7 Å². The van der Waals surface area contributed by atoms with Gasteiger partial charge in [-0.1, -0.05) is 0 Å². The highest BCUT2D eigenvalue weighted by Crippen LogP contribution is 2.29. The Bertz CT molecular complexity index is 702. The Morgan fingerprint density at radius 2 is 2.21 bits per heavy atom. The van der Waals surface area contributed by atoms with E-state index in [2.05, 4.69) is 9.88 Å². The van der Waals surface area contributed by atoms with Crippen LogP contribution in [0.3, 0.4) is 0 Å². The molecule has 0 aliphatic carbocycles. The van der Waals surface area contributed by atoms with E-state index in [0.717, 1.165) is 37.6 Å². The first-order chi connectivity index (χ1) is 11.6. The number of likely N-dealkylation sites (tertiary alicyclic amines) is 1. The zero-order valence-electron chi connectivity index (χ0n) is 14.3. The van der Waals surface area contributed by atoms with Crippen molar-refractivity contribution in [3.8, 4) is 17.2 Å². The van der Waals surface area contributed by atoms with Crippen LogP contribution < -0.4 is 4.74 Å². The van der Waals surface area contributed by atoms with Crippen molar-refractivity contribution in [3.05, 3.63) is 35.5 Å². The maximum Gasteiger partial charge on any atom is 0.229 e. The normalized spacial score (nSPS) is 18.2. The molecule has 6 heteroatoms. The molecule has 1 aromatic heterocycles. The zero-order chi connectivity index (χ0) is 17.1. The molecule has 0 N–H and O–H groups in total. The molecule has 2 heterocycles. The first kappa shape index (κ1) is 16.9. The Labute approximate surface area is 141 Å². The second kappa shape index (κ2) is 7.32. The van der Waals surface area contributed by atoms with Crippen molar-refractivity contribution in [2.24, 2.45) is 5.92 Å². The number of nitrogens with zero attached hydrogens (tertiary/aromatic N) is 2. The van der Waals surface area contributed by atoms with E-state index in [0.29, 0.717) is 29.7 Å². The third-order valence-electron chi connectivity index (χ3n) is 4.44. The predicted molar refractivity (Wildman–Crippen MR) is 88.4 cm³/mol. The van der Waals surface area contributed by atoms with E-state index < -0.39 is 0 Å². The van der Waals surface area contributed by atoms with Gasteiger partial charge in [-0.2, -0.15) is 0 Å². The molecular weight excluding hydrogens is 311 g/mol. The molecule has 0 bridgehead atoms. The van der Waals surface area contributed by atoms with Crippen molar-refractivity contribution in [3.63, 3.8) is 0 Å². The van der Waals surface area contributed by atoms with Gasteiger partial charge in [-0.05, 0) is 44.0 Å². The zero-order valence-corrected chi connectivity index (χ0v) is 14.3. The minimum absolute atomic E-state index is 0.298. The molecule has 130 valence electrons. The highest BCUT2D eigenvalue weighted by Gasteiger charge is 2.24. The molecule has 5 nitrogen and oxygen atoms in total. The van der Waals surface area contributed by atoms with Gasteiger partial charge in [0.15, 0.2) is 0 Å². The summed E-state index contributed by atoms with van der Waals surface area (Å²) in [5, 5.41) is 0. The van der Waals surface area contributed by atoms with Gasteiger partial charge < -0.3 is 13.9 Å². The Morgan fingerprint density at radius 3 is 2.96 bits per heavy atom. The van der Waals surface area contributed by atoms with Crippen LogP contribution >= 0.6 is 0 Å². The van der Waals surface area contributed by atoms with E-state index in [4.69, 9.17) is 13.9 Å². The van der Waals surface area contributed by atoms with Crippen molar-refractivity contribution >= 4 is 0 Å². The van der Waals surface area contributed by atoms with Crippen molar-refractivity contribution in [2.45, 2.75) is 19.9 Å². The minimum Gasteiger partial charge on any atom is -0.497 e. The van der Waals surface area contributed by atoms with Crippen LogP contribution in [0.1, 0.15) is 17.9 Å². The van der Waals surface area contributed by atoms with E-state index in [1.807, 2.05) is 6.92 Å². The minimum atomic E-state index is -0.370. The fourth-order valence-electron chi connectivity index (χ4n) is 3.13. The lowest BCUT2D eigenvalue weighted by atomic mass is 10.1. The number of rotatable bonds is 6. The third-order valence-corrected chi connectivity index (χ3v) is 4.44. The number of halogens is 1. The molecule has 0 radical (unpaired) electrons. The quantitative estimate of drug-likeness (QED) is 0.811. The molecule has 1 saturated heterocycles. The number of aryl methyl sites for hydroxylation is 1. The van der Waals surface area contributed by atoms with Crippen LogP contribution in [-0.2, 0) is 11.3 Å². The molecular formula is C18H23FN2O3. The summed E-state index contributed by atoms with van der Waals surface area (Å²) in [7, 11) is 3.28. The lowest BCUT2D eigenvalue weighted by molar-refractivity contribution is 0.152. The van der Waals surface area contributed by atoms with E-state index in [1.165, 1.54) is 6.07 Å².